The third kappa shape index (κ3) is 5.27. The zero-order chi connectivity index (χ0) is 21.3. The van der Waals surface area contributed by atoms with Crippen LogP contribution in [-0.4, -0.2) is 27.0 Å². The Hall–Kier alpha value is -2.52. The van der Waals surface area contributed by atoms with Gasteiger partial charge in [0.15, 0.2) is 0 Å². The number of hydrogen-bond donors (Lipinski definition) is 1. The first-order valence-corrected chi connectivity index (χ1v) is 10.6. The molecule has 0 amide bonds. The Morgan fingerprint density at radius 2 is 1.69 bits per heavy atom. The lowest BCUT2D eigenvalue weighted by Gasteiger charge is -2.07. The number of phenolic OH excluding ortho intramolecular Hbond substituents is 1. The van der Waals surface area contributed by atoms with Gasteiger partial charge in [0.1, 0.15) is 35.6 Å². The summed E-state index contributed by atoms with van der Waals surface area (Å²) >= 11 is 6.24. The van der Waals surface area contributed by atoms with Crippen molar-refractivity contribution < 1.29 is 18.6 Å². The molecule has 170 valence electrons. The van der Waals surface area contributed by atoms with Crippen molar-refractivity contribution in [1.82, 2.24) is 9.55 Å². The van der Waals surface area contributed by atoms with Crippen LogP contribution in [0.1, 0.15) is 26.8 Å². The highest BCUT2D eigenvalue weighted by molar-refractivity contribution is 9.10. The summed E-state index contributed by atoms with van der Waals surface area (Å²) in [4.78, 5) is 8.34. The van der Waals surface area contributed by atoms with Crippen LogP contribution in [0, 0.1) is 11.6 Å². The first-order valence-electron chi connectivity index (χ1n) is 8.97. The van der Waals surface area contributed by atoms with Crippen LogP contribution in [0.2, 0.25) is 0 Å². The van der Waals surface area contributed by atoms with Gasteiger partial charge < -0.3 is 14.4 Å². The van der Waals surface area contributed by atoms with E-state index in [1.807, 2.05) is 16.8 Å². The number of imidazole rings is 1. The van der Waals surface area contributed by atoms with Gasteiger partial charge in [0.2, 0.25) is 0 Å². The van der Waals surface area contributed by atoms with Gasteiger partial charge in [-0.1, -0.05) is 20.9 Å². The highest BCUT2D eigenvalue weighted by Gasteiger charge is 2.18. The lowest BCUT2D eigenvalue weighted by Crippen LogP contribution is -2.04. The number of halogens is 4. The third-order valence-electron chi connectivity index (χ3n) is 4.57. The summed E-state index contributed by atoms with van der Waals surface area (Å²) in [6.07, 6.45) is 7.86. The molecule has 0 atom stereocenters. The lowest BCUT2D eigenvalue weighted by atomic mass is 10.1. The van der Waals surface area contributed by atoms with Crippen molar-refractivity contribution in [1.29, 1.82) is 0 Å². The number of aliphatic imine (C=N–C) groups is 1. The van der Waals surface area contributed by atoms with E-state index in [0.717, 1.165) is 29.7 Å². The Balaban J connectivity index is 0.000000215. The summed E-state index contributed by atoms with van der Waals surface area (Å²) in [6, 6.07) is 5.72. The maximum atomic E-state index is 13.4. The average Bonchev–Trinajstić information content (AvgIpc) is 3.38. The summed E-state index contributed by atoms with van der Waals surface area (Å²) in [5, 5.41) is 9.51. The van der Waals surface area contributed by atoms with Crippen molar-refractivity contribution in [2.24, 2.45) is 4.99 Å². The minimum Gasteiger partial charge on any atom is -0.507 e. The van der Waals surface area contributed by atoms with E-state index in [9.17, 15) is 13.9 Å². The minimum absolute atomic E-state index is 0. The van der Waals surface area contributed by atoms with E-state index < -0.39 is 5.82 Å². The van der Waals surface area contributed by atoms with Crippen LogP contribution in [0.15, 0.2) is 62.9 Å². The molecule has 3 heterocycles. The summed E-state index contributed by atoms with van der Waals surface area (Å²) in [6.45, 7) is 1.25. The molecule has 0 saturated carbocycles. The number of hydrogen-bond acceptors (Lipinski definition) is 4. The van der Waals surface area contributed by atoms with E-state index in [0.29, 0.717) is 33.3 Å². The first kappa shape index (κ1) is 25.7. The first-order chi connectivity index (χ1) is 14.4. The van der Waals surface area contributed by atoms with Crippen molar-refractivity contribution in [2.45, 2.75) is 27.8 Å². The molecule has 1 aromatic heterocycles. The van der Waals surface area contributed by atoms with Crippen LogP contribution in [-0.2, 0) is 6.54 Å². The molecular formula is C23H23Br2F2N3O2. The van der Waals surface area contributed by atoms with Crippen molar-refractivity contribution in [3.05, 3.63) is 75.1 Å². The Labute approximate surface area is 202 Å². The topological polar surface area (TPSA) is 59.6 Å². The monoisotopic (exact) mass is 569 g/mol. The van der Waals surface area contributed by atoms with E-state index >= 15 is 0 Å². The number of phenols is 1. The van der Waals surface area contributed by atoms with Crippen LogP contribution in [0.5, 0.6) is 11.5 Å². The summed E-state index contributed by atoms with van der Waals surface area (Å²) in [5.41, 5.74) is 2.14. The molecule has 0 aliphatic carbocycles. The highest BCUT2D eigenvalue weighted by Crippen LogP contribution is 2.35. The molecule has 0 radical (unpaired) electrons. The van der Waals surface area contributed by atoms with Crippen molar-refractivity contribution >= 4 is 37.6 Å². The number of allylic oxidation sites excluding steroid dienone is 1. The number of fused-ring (bicyclic) bond motifs is 3. The summed E-state index contributed by atoms with van der Waals surface area (Å²) < 4.78 is 34.6. The molecular weight excluding hydrogens is 548 g/mol. The second kappa shape index (κ2) is 10.9. The Kier molecular flexibility index (Phi) is 8.74. The van der Waals surface area contributed by atoms with Gasteiger partial charge in [-0.3, -0.25) is 4.99 Å². The Bertz CT molecular complexity index is 1180. The lowest BCUT2D eigenvalue weighted by molar-refractivity contribution is 0.305. The van der Waals surface area contributed by atoms with Crippen LogP contribution in [0.4, 0.5) is 8.78 Å². The van der Waals surface area contributed by atoms with Gasteiger partial charge in [0.05, 0.1) is 26.8 Å². The molecule has 0 spiro atoms. The number of rotatable bonds is 1. The van der Waals surface area contributed by atoms with Crippen LogP contribution < -0.4 is 4.74 Å². The Morgan fingerprint density at radius 3 is 2.38 bits per heavy atom. The molecule has 3 aromatic rings. The zero-order valence-corrected chi connectivity index (χ0v) is 18.6. The second-order valence-electron chi connectivity index (χ2n) is 6.50. The minimum atomic E-state index is -0.474. The van der Waals surface area contributed by atoms with Gasteiger partial charge in [-0.15, -0.1) is 0 Å². The van der Waals surface area contributed by atoms with E-state index in [1.54, 1.807) is 18.5 Å². The van der Waals surface area contributed by atoms with Crippen LogP contribution in [0.25, 0.3) is 11.4 Å². The van der Waals surface area contributed by atoms with Gasteiger partial charge in [-0.05, 0) is 44.0 Å². The SMILES string of the molecule is C.C.Fc1cc2c(cc1Br)-c1nccn1CCO2.Oc1cc(F)c(Br)cc1C1=NC=CC1. The maximum Gasteiger partial charge on any atom is 0.143 e. The third-order valence-corrected chi connectivity index (χ3v) is 5.78. The molecule has 9 heteroatoms. The molecule has 0 unspecified atom stereocenters. The van der Waals surface area contributed by atoms with Gasteiger partial charge >= 0.3 is 0 Å². The second-order valence-corrected chi connectivity index (χ2v) is 8.21. The fourth-order valence-electron chi connectivity index (χ4n) is 3.12. The van der Waals surface area contributed by atoms with E-state index in [-0.39, 0.29) is 26.4 Å². The van der Waals surface area contributed by atoms with Crippen LogP contribution in [0.3, 0.4) is 0 Å². The zero-order valence-electron chi connectivity index (χ0n) is 15.4. The standard InChI is InChI=1S/C11H8BrFN2O.C10H7BrFNO.2CH4/c12-8-5-7-10(6-9(8)13)16-4-3-15-2-1-14-11(7)15;11-7-4-6(9-2-1-3-13-9)10(14)5-8(7)12;;/h1-2,5-6H,3-4H2;1,3-5,14H,2H2;2*1H4. The van der Waals surface area contributed by atoms with Gasteiger partial charge in [0.25, 0.3) is 0 Å². The summed E-state index contributed by atoms with van der Waals surface area (Å²) in [7, 11) is 0. The molecule has 5 rings (SSSR count). The molecule has 5 nitrogen and oxygen atoms in total. The predicted molar refractivity (Wildman–Crippen MR) is 130 cm³/mol. The van der Waals surface area contributed by atoms with Crippen molar-refractivity contribution in [3.63, 3.8) is 0 Å². The fraction of sp³-hybridized carbons (Fsp3) is 0.217. The molecule has 0 bridgehead atoms. The molecule has 1 N–H and O–H groups in total. The van der Waals surface area contributed by atoms with E-state index in [4.69, 9.17) is 4.74 Å². The average molecular weight is 571 g/mol. The van der Waals surface area contributed by atoms with Crippen molar-refractivity contribution in [3.8, 4) is 22.9 Å². The largest absolute Gasteiger partial charge is 0.507 e. The Morgan fingerprint density at radius 1 is 1.00 bits per heavy atom. The van der Waals surface area contributed by atoms with E-state index in [1.165, 1.54) is 12.1 Å². The van der Waals surface area contributed by atoms with Gasteiger partial charge in [0, 0.05) is 42.7 Å². The maximum absolute atomic E-state index is 13.4. The van der Waals surface area contributed by atoms with Gasteiger partial charge in [-0.2, -0.15) is 0 Å². The smallest absolute Gasteiger partial charge is 0.143 e. The normalized spacial score (nSPS) is 13.2. The number of aromatic nitrogens is 2. The molecule has 2 aromatic carbocycles. The highest BCUT2D eigenvalue weighted by atomic mass is 79.9. The molecule has 0 saturated heterocycles. The predicted octanol–water partition coefficient (Wildman–Crippen LogP) is 7.12. The summed E-state index contributed by atoms with van der Waals surface area (Å²) in [5.74, 6) is 0.489. The number of ether oxygens (including phenoxy) is 1. The molecule has 0 fully saturated rings. The van der Waals surface area contributed by atoms with Crippen molar-refractivity contribution in [2.75, 3.05) is 6.61 Å². The van der Waals surface area contributed by atoms with Crippen LogP contribution >= 0.6 is 31.9 Å². The molecule has 2 aliphatic heterocycles. The van der Waals surface area contributed by atoms with E-state index in [2.05, 4.69) is 41.8 Å². The fourth-order valence-corrected chi connectivity index (χ4v) is 3.80. The molecule has 32 heavy (non-hydrogen) atoms. The number of benzene rings is 2. The molecule has 2 aliphatic rings. The van der Waals surface area contributed by atoms with Gasteiger partial charge in [-0.25, -0.2) is 13.8 Å². The number of nitrogens with zero attached hydrogens (tertiary/aromatic N) is 3. The quantitative estimate of drug-likeness (QED) is 0.339. The number of aromatic hydroxyl groups is 1.